The molecule has 1 aliphatic heterocycles. The summed E-state index contributed by atoms with van der Waals surface area (Å²) in [6.07, 6.45) is -0.219. The Morgan fingerprint density at radius 3 is 2.62 bits per heavy atom. The monoisotopic (exact) mass is 290 g/mol. The highest BCUT2D eigenvalue weighted by atomic mass is 16.6. The van der Waals surface area contributed by atoms with Gasteiger partial charge in [-0.05, 0) is 40.2 Å². The van der Waals surface area contributed by atoms with Gasteiger partial charge in [0.1, 0.15) is 5.60 Å². The van der Waals surface area contributed by atoms with E-state index in [2.05, 4.69) is 43.4 Å². The molecule has 0 bridgehead atoms. The van der Waals surface area contributed by atoms with Crippen LogP contribution in [0.15, 0.2) is 24.3 Å². The van der Waals surface area contributed by atoms with Crippen LogP contribution in [0.3, 0.4) is 0 Å². The van der Waals surface area contributed by atoms with Gasteiger partial charge in [0.05, 0.1) is 0 Å². The average molecular weight is 290 g/mol. The van der Waals surface area contributed by atoms with Gasteiger partial charge in [0, 0.05) is 25.2 Å². The van der Waals surface area contributed by atoms with Crippen LogP contribution in [-0.4, -0.2) is 35.7 Å². The molecule has 1 amide bonds. The zero-order chi connectivity index (χ0) is 15.6. The second-order valence-corrected chi connectivity index (χ2v) is 6.88. The fourth-order valence-electron chi connectivity index (χ4n) is 2.45. The first kappa shape index (κ1) is 15.8. The number of carbonyl (C=O) groups is 1. The number of nitrogens with zero attached hydrogens (tertiary/aromatic N) is 1. The minimum atomic E-state index is -0.426. The molecule has 1 saturated heterocycles. The van der Waals surface area contributed by atoms with Crippen LogP contribution >= 0.6 is 0 Å². The maximum absolute atomic E-state index is 11.9. The van der Waals surface area contributed by atoms with Gasteiger partial charge in [-0.15, -0.1) is 0 Å². The summed E-state index contributed by atoms with van der Waals surface area (Å²) in [5.74, 6) is 0. The molecule has 1 N–H and O–H groups in total. The van der Waals surface area contributed by atoms with Crippen LogP contribution in [0.5, 0.6) is 0 Å². The van der Waals surface area contributed by atoms with Crippen LogP contribution < -0.4 is 5.32 Å². The molecule has 116 valence electrons. The molecule has 21 heavy (non-hydrogen) atoms. The number of hydrogen-bond acceptors (Lipinski definition) is 3. The number of nitrogens with one attached hydrogen (secondary N) is 1. The van der Waals surface area contributed by atoms with E-state index in [1.165, 1.54) is 11.1 Å². The third-order valence-electron chi connectivity index (χ3n) is 3.56. The lowest BCUT2D eigenvalue weighted by Crippen LogP contribution is -2.60. The van der Waals surface area contributed by atoms with E-state index in [1.807, 2.05) is 20.8 Å². The maximum Gasteiger partial charge on any atom is 0.410 e. The van der Waals surface area contributed by atoms with Crippen molar-refractivity contribution in [1.29, 1.82) is 0 Å². The lowest BCUT2D eigenvalue weighted by Gasteiger charge is -2.41. The summed E-state index contributed by atoms with van der Waals surface area (Å²) in [4.78, 5) is 13.6. The zero-order valence-corrected chi connectivity index (χ0v) is 13.6. The Bertz CT molecular complexity index is 502. The largest absolute Gasteiger partial charge is 0.444 e. The molecule has 1 heterocycles. The first-order chi connectivity index (χ1) is 9.74. The molecule has 4 nitrogen and oxygen atoms in total. The molecule has 1 aliphatic rings. The Kier molecular flexibility index (Phi) is 4.57. The van der Waals surface area contributed by atoms with Gasteiger partial charge in [-0.3, -0.25) is 0 Å². The lowest BCUT2D eigenvalue weighted by atomic mass is 10.0. The molecule has 0 saturated carbocycles. The van der Waals surface area contributed by atoms with Crippen molar-refractivity contribution in [2.24, 2.45) is 0 Å². The van der Waals surface area contributed by atoms with Crippen LogP contribution in [0.25, 0.3) is 0 Å². The van der Waals surface area contributed by atoms with Crippen molar-refractivity contribution in [1.82, 2.24) is 10.2 Å². The average Bonchev–Trinajstić information content (AvgIpc) is 2.30. The summed E-state index contributed by atoms with van der Waals surface area (Å²) in [5.41, 5.74) is 2.13. The van der Waals surface area contributed by atoms with Gasteiger partial charge in [0.15, 0.2) is 0 Å². The van der Waals surface area contributed by atoms with E-state index in [1.54, 1.807) is 4.90 Å². The number of hydrogen-bond donors (Lipinski definition) is 1. The fraction of sp³-hybridized carbons (Fsp3) is 0.588. The van der Waals surface area contributed by atoms with Crippen LogP contribution in [0.2, 0.25) is 0 Å². The second kappa shape index (κ2) is 6.06. The SMILES string of the molecule is Cc1cccc([C@H](C)NC2CN(C(=O)OC(C)(C)C)C2)c1. The number of amides is 1. The second-order valence-electron chi connectivity index (χ2n) is 6.88. The van der Waals surface area contributed by atoms with Gasteiger partial charge in [-0.1, -0.05) is 29.8 Å². The molecule has 2 rings (SSSR count). The van der Waals surface area contributed by atoms with Crippen molar-refractivity contribution in [3.8, 4) is 0 Å². The van der Waals surface area contributed by atoms with Gasteiger partial charge in [-0.2, -0.15) is 0 Å². The Balaban J connectivity index is 1.79. The molecule has 0 aromatic heterocycles. The normalized spacial score (nSPS) is 17.3. The minimum Gasteiger partial charge on any atom is -0.444 e. The van der Waals surface area contributed by atoms with Crippen LogP contribution in [0.4, 0.5) is 4.79 Å². The summed E-state index contributed by atoms with van der Waals surface area (Å²) in [6, 6.07) is 9.14. The number of likely N-dealkylation sites (tertiary alicyclic amines) is 1. The number of benzene rings is 1. The molecular formula is C17H26N2O2. The smallest absolute Gasteiger partial charge is 0.410 e. The Hall–Kier alpha value is -1.55. The third-order valence-corrected chi connectivity index (χ3v) is 3.56. The highest BCUT2D eigenvalue weighted by Gasteiger charge is 2.34. The standard InChI is InChI=1S/C17H26N2O2/c1-12-7-6-8-14(9-12)13(2)18-15-10-19(11-15)16(20)21-17(3,4)5/h6-9,13,15,18H,10-11H2,1-5H3/t13-/m0/s1. The number of carbonyl (C=O) groups excluding carboxylic acids is 1. The van der Waals surface area contributed by atoms with Gasteiger partial charge < -0.3 is 15.0 Å². The predicted molar refractivity (Wildman–Crippen MR) is 84.3 cm³/mol. The van der Waals surface area contributed by atoms with E-state index in [0.717, 1.165) is 0 Å². The van der Waals surface area contributed by atoms with Crippen LogP contribution in [0.1, 0.15) is 44.9 Å². The molecule has 1 aromatic carbocycles. The fourth-order valence-corrected chi connectivity index (χ4v) is 2.45. The number of rotatable bonds is 3. The van der Waals surface area contributed by atoms with Gasteiger partial charge in [0.25, 0.3) is 0 Å². The van der Waals surface area contributed by atoms with E-state index in [-0.39, 0.29) is 12.1 Å². The van der Waals surface area contributed by atoms with Crippen molar-refractivity contribution in [2.75, 3.05) is 13.1 Å². The van der Waals surface area contributed by atoms with Crippen molar-refractivity contribution in [2.45, 2.75) is 52.3 Å². The number of aryl methyl sites for hydroxylation is 1. The van der Waals surface area contributed by atoms with E-state index in [0.29, 0.717) is 19.1 Å². The molecule has 0 aliphatic carbocycles. The van der Waals surface area contributed by atoms with Crippen molar-refractivity contribution in [3.63, 3.8) is 0 Å². The quantitative estimate of drug-likeness (QED) is 0.929. The van der Waals surface area contributed by atoms with Crippen molar-refractivity contribution < 1.29 is 9.53 Å². The summed E-state index contributed by atoms with van der Waals surface area (Å²) >= 11 is 0. The Labute approximate surface area is 127 Å². The molecule has 1 fully saturated rings. The molecule has 0 radical (unpaired) electrons. The van der Waals surface area contributed by atoms with Crippen molar-refractivity contribution in [3.05, 3.63) is 35.4 Å². The summed E-state index contributed by atoms with van der Waals surface area (Å²) in [5, 5.41) is 3.56. The van der Waals surface area contributed by atoms with Crippen LogP contribution in [0, 0.1) is 6.92 Å². The van der Waals surface area contributed by atoms with Crippen molar-refractivity contribution >= 4 is 6.09 Å². The number of ether oxygens (including phenoxy) is 1. The van der Waals surface area contributed by atoms with E-state index in [9.17, 15) is 4.79 Å². The van der Waals surface area contributed by atoms with E-state index >= 15 is 0 Å². The zero-order valence-electron chi connectivity index (χ0n) is 13.6. The summed E-state index contributed by atoms with van der Waals surface area (Å²) < 4.78 is 5.35. The van der Waals surface area contributed by atoms with E-state index < -0.39 is 5.60 Å². The Morgan fingerprint density at radius 2 is 2.05 bits per heavy atom. The maximum atomic E-state index is 11.9. The minimum absolute atomic E-state index is 0.219. The highest BCUT2D eigenvalue weighted by molar-refractivity contribution is 5.69. The summed E-state index contributed by atoms with van der Waals surface area (Å²) in [6.45, 7) is 11.4. The molecule has 1 atom stereocenters. The predicted octanol–water partition coefficient (Wildman–Crippen LogP) is 3.26. The van der Waals surface area contributed by atoms with Crippen LogP contribution in [-0.2, 0) is 4.74 Å². The molecule has 1 aromatic rings. The summed E-state index contributed by atoms with van der Waals surface area (Å²) in [7, 11) is 0. The molecule has 4 heteroatoms. The third kappa shape index (κ3) is 4.46. The van der Waals surface area contributed by atoms with Gasteiger partial charge >= 0.3 is 6.09 Å². The highest BCUT2D eigenvalue weighted by Crippen LogP contribution is 2.19. The first-order valence-corrected chi connectivity index (χ1v) is 7.55. The van der Waals surface area contributed by atoms with Gasteiger partial charge in [0.2, 0.25) is 0 Å². The molecule has 0 spiro atoms. The van der Waals surface area contributed by atoms with E-state index in [4.69, 9.17) is 4.74 Å². The molecular weight excluding hydrogens is 264 g/mol. The van der Waals surface area contributed by atoms with Gasteiger partial charge in [-0.25, -0.2) is 4.79 Å². The Morgan fingerprint density at radius 1 is 1.38 bits per heavy atom. The molecule has 0 unspecified atom stereocenters. The lowest BCUT2D eigenvalue weighted by molar-refractivity contribution is 0.00434. The first-order valence-electron chi connectivity index (χ1n) is 7.55. The topological polar surface area (TPSA) is 41.6 Å².